The predicted molar refractivity (Wildman–Crippen MR) is 71.8 cm³/mol. The first-order valence-electron chi connectivity index (χ1n) is 6.55. The van der Waals surface area contributed by atoms with E-state index in [0.717, 1.165) is 25.3 Å². The lowest BCUT2D eigenvalue weighted by Crippen LogP contribution is -2.11. The fourth-order valence-electron chi connectivity index (χ4n) is 1.65. The highest BCUT2D eigenvalue weighted by Gasteiger charge is 2.05. The van der Waals surface area contributed by atoms with Gasteiger partial charge in [-0.2, -0.15) is 4.98 Å². The largest absolute Gasteiger partial charge is 0.485 e. The number of nitrogens with zero attached hydrogens (tertiary/aromatic N) is 2. The average molecular weight is 261 g/mol. The number of benzene rings is 1. The van der Waals surface area contributed by atoms with Crippen molar-refractivity contribution in [2.24, 2.45) is 0 Å². The third-order valence-electron chi connectivity index (χ3n) is 2.66. The van der Waals surface area contributed by atoms with Crippen molar-refractivity contribution < 1.29 is 9.26 Å². The van der Waals surface area contributed by atoms with Crippen LogP contribution in [-0.2, 0) is 19.6 Å². The van der Waals surface area contributed by atoms with Crippen molar-refractivity contribution in [1.82, 2.24) is 15.5 Å². The van der Waals surface area contributed by atoms with E-state index >= 15 is 0 Å². The number of nitrogens with one attached hydrogen (secondary N) is 1. The third kappa shape index (κ3) is 4.06. The monoisotopic (exact) mass is 261 g/mol. The van der Waals surface area contributed by atoms with Crippen LogP contribution >= 0.6 is 0 Å². The Kier molecular flexibility index (Phi) is 4.92. The maximum Gasteiger partial charge on any atom is 0.226 e. The molecule has 1 heterocycles. The number of hydrogen-bond donors (Lipinski definition) is 1. The molecule has 2 rings (SSSR count). The van der Waals surface area contributed by atoms with E-state index < -0.39 is 0 Å². The smallest absolute Gasteiger partial charge is 0.226 e. The van der Waals surface area contributed by atoms with Crippen LogP contribution in [0.5, 0.6) is 5.75 Å². The first kappa shape index (κ1) is 13.5. The molecule has 19 heavy (non-hydrogen) atoms. The van der Waals surface area contributed by atoms with Crippen LogP contribution in [0.15, 0.2) is 28.8 Å². The molecule has 5 nitrogen and oxygen atoms in total. The van der Waals surface area contributed by atoms with Gasteiger partial charge in [-0.25, -0.2) is 0 Å². The fourth-order valence-corrected chi connectivity index (χ4v) is 1.65. The third-order valence-corrected chi connectivity index (χ3v) is 2.66. The standard InChI is InChI=1S/C14H19N3O2/c1-3-14-16-13(17-19-14)10-18-12-7-5-6-11(8-12)9-15-4-2/h5-8,15H,3-4,9-10H2,1-2H3. The van der Waals surface area contributed by atoms with Gasteiger partial charge < -0.3 is 14.6 Å². The zero-order valence-corrected chi connectivity index (χ0v) is 11.3. The predicted octanol–water partition coefficient (Wildman–Crippen LogP) is 2.32. The normalized spacial score (nSPS) is 10.6. The Morgan fingerprint density at radius 1 is 1.32 bits per heavy atom. The highest BCUT2D eigenvalue weighted by Crippen LogP contribution is 2.14. The van der Waals surface area contributed by atoms with Gasteiger partial charge in [0.1, 0.15) is 5.75 Å². The van der Waals surface area contributed by atoms with Crippen LogP contribution < -0.4 is 10.1 Å². The Hall–Kier alpha value is -1.88. The zero-order chi connectivity index (χ0) is 13.5. The molecule has 0 saturated carbocycles. The van der Waals surface area contributed by atoms with E-state index in [-0.39, 0.29) is 0 Å². The molecule has 0 saturated heterocycles. The summed E-state index contributed by atoms with van der Waals surface area (Å²) in [6.45, 7) is 6.18. The summed E-state index contributed by atoms with van der Waals surface area (Å²) in [6.07, 6.45) is 0.741. The first-order chi connectivity index (χ1) is 9.31. The van der Waals surface area contributed by atoms with Gasteiger partial charge in [-0.05, 0) is 24.2 Å². The summed E-state index contributed by atoms with van der Waals surface area (Å²) in [7, 11) is 0. The molecule has 0 aliphatic rings. The number of aromatic nitrogens is 2. The van der Waals surface area contributed by atoms with Crippen molar-refractivity contribution in [1.29, 1.82) is 0 Å². The Morgan fingerprint density at radius 3 is 2.95 bits per heavy atom. The minimum Gasteiger partial charge on any atom is -0.485 e. The molecule has 0 spiro atoms. The van der Waals surface area contributed by atoms with Crippen LogP contribution in [0, 0.1) is 0 Å². The van der Waals surface area contributed by atoms with Crippen LogP contribution in [-0.4, -0.2) is 16.7 Å². The molecule has 0 unspecified atom stereocenters. The van der Waals surface area contributed by atoms with Crippen LogP contribution in [0.1, 0.15) is 31.1 Å². The van der Waals surface area contributed by atoms with E-state index in [1.807, 2.05) is 25.1 Å². The molecule has 0 atom stereocenters. The number of ether oxygens (including phenoxy) is 1. The summed E-state index contributed by atoms with van der Waals surface area (Å²) >= 11 is 0. The molecule has 0 bridgehead atoms. The Labute approximate surface area is 113 Å². The Balaban J connectivity index is 1.91. The Bertz CT molecular complexity index is 511. The summed E-state index contributed by atoms with van der Waals surface area (Å²) in [5.74, 6) is 2.03. The molecule has 5 heteroatoms. The van der Waals surface area contributed by atoms with Crippen molar-refractivity contribution in [3.63, 3.8) is 0 Å². The van der Waals surface area contributed by atoms with Crippen molar-refractivity contribution in [3.8, 4) is 5.75 Å². The number of aryl methyl sites for hydroxylation is 1. The number of rotatable bonds is 7. The molecule has 0 amide bonds. The van der Waals surface area contributed by atoms with Gasteiger partial charge in [-0.3, -0.25) is 0 Å². The van der Waals surface area contributed by atoms with Gasteiger partial charge in [-0.15, -0.1) is 0 Å². The second-order valence-corrected chi connectivity index (χ2v) is 4.17. The van der Waals surface area contributed by atoms with Crippen LogP contribution in [0.25, 0.3) is 0 Å². The van der Waals surface area contributed by atoms with Gasteiger partial charge >= 0.3 is 0 Å². The lowest BCUT2D eigenvalue weighted by atomic mass is 10.2. The second-order valence-electron chi connectivity index (χ2n) is 4.17. The van der Waals surface area contributed by atoms with E-state index in [1.165, 1.54) is 5.56 Å². The lowest BCUT2D eigenvalue weighted by molar-refractivity contribution is 0.285. The van der Waals surface area contributed by atoms with E-state index in [4.69, 9.17) is 9.26 Å². The van der Waals surface area contributed by atoms with Crippen LogP contribution in [0.2, 0.25) is 0 Å². The number of hydrogen-bond acceptors (Lipinski definition) is 5. The first-order valence-corrected chi connectivity index (χ1v) is 6.55. The van der Waals surface area contributed by atoms with Crippen molar-refractivity contribution >= 4 is 0 Å². The van der Waals surface area contributed by atoms with Crippen LogP contribution in [0.4, 0.5) is 0 Å². The van der Waals surface area contributed by atoms with Gasteiger partial charge in [0.2, 0.25) is 11.7 Å². The molecular formula is C14H19N3O2. The van der Waals surface area contributed by atoms with Gasteiger partial charge in [0.15, 0.2) is 6.61 Å². The summed E-state index contributed by atoms with van der Waals surface area (Å²) in [5, 5.41) is 7.13. The second kappa shape index (κ2) is 6.89. The van der Waals surface area contributed by atoms with E-state index in [9.17, 15) is 0 Å². The highest BCUT2D eigenvalue weighted by molar-refractivity contribution is 5.28. The maximum absolute atomic E-state index is 5.66. The molecule has 0 fully saturated rings. The minimum atomic E-state index is 0.328. The molecule has 0 aliphatic heterocycles. The van der Waals surface area contributed by atoms with E-state index in [1.54, 1.807) is 0 Å². The molecular weight excluding hydrogens is 242 g/mol. The van der Waals surface area contributed by atoms with Gasteiger partial charge in [0, 0.05) is 13.0 Å². The van der Waals surface area contributed by atoms with Gasteiger partial charge in [-0.1, -0.05) is 31.1 Å². The van der Waals surface area contributed by atoms with E-state index in [0.29, 0.717) is 18.3 Å². The summed E-state index contributed by atoms with van der Waals surface area (Å²) < 4.78 is 10.7. The van der Waals surface area contributed by atoms with E-state index in [2.05, 4.69) is 28.4 Å². The highest BCUT2D eigenvalue weighted by atomic mass is 16.5. The summed E-state index contributed by atoms with van der Waals surface area (Å²) in [4.78, 5) is 4.20. The quantitative estimate of drug-likeness (QED) is 0.828. The van der Waals surface area contributed by atoms with Crippen molar-refractivity contribution in [3.05, 3.63) is 41.5 Å². The average Bonchev–Trinajstić information content (AvgIpc) is 2.91. The SMILES string of the molecule is CCNCc1cccc(OCc2noc(CC)n2)c1. The minimum absolute atomic E-state index is 0.328. The molecule has 0 aliphatic carbocycles. The summed E-state index contributed by atoms with van der Waals surface area (Å²) in [5.41, 5.74) is 1.20. The lowest BCUT2D eigenvalue weighted by Gasteiger charge is -2.06. The topological polar surface area (TPSA) is 60.2 Å². The molecule has 0 radical (unpaired) electrons. The zero-order valence-electron chi connectivity index (χ0n) is 11.3. The summed E-state index contributed by atoms with van der Waals surface area (Å²) in [6, 6.07) is 7.99. The molecule has 1 aromatic heterocycles. The van der Waals surface area contributed by atoms with Crippen molar-refractivity contribution in [2.75, 3.05) is 6.54 Å². The molecule has 1 N–H and O–H groups in total. The van der Waals surface area contributed by atoms with Gasteiger partial charge in [0.05, 0.1) is 0 Å². The Morgan fingerprint density at radius 2 is 2.21 bits per heavy atom. The maximum atomic E-state index is 5.66. The molecule has 1 aromatic carbocycles. The van der Waals surface area contributed by atoms with Crippen LogP contribution in [0.3, 0.4) is 0 Å². The van der Waals surface area contributed by atoms with Gasteiger partial charge in [0.25, 0.3) is 0 Å². The molecule has 102 valence electrons. The van der Waals surface area contributed by atoms with Crippen molar-refractivity contribution in [2.45, 2.75) is 33.4 Å². The fraction of sp³-hybridized carbons (Fsp3) is 0.429. The molecule has 2 aromatic rings.